The molecule has 1 unspecified atom stereocenters. The molecule has 0 bridgehead atoms. The molecule has 0 saturated carbocycles. The minimum Gasteiger partial charge on any atom is -0.480 e. The first-order valence-electron chi connectivity index (χ1n) is 5.11. The van der Waals surface area contributed by atoms with E-state index in [9.17, 15) is 9.59 Å². The summed E-state index contributed by atoms with van der Waals surface area (Å²) in [6.07, 6.45) is 0. The molecule has 0 aliphatic rings. The summed E-state index contributed by atoms with van der Waals surface area (Å²) in [5, 5.41) is 11.7. The Balaban J connectivity index is 2.89. The molecule has 0 aliphatic heterocycles. The third-order valence-corrected chi connectivity index (χ3v) is 5.51. The zero-order valence-electron chi connectivity index (χ0n) is 10.1. The fourth-order valence-electron chi connectivity index (χ4n) is 1.31. The first-order valence-corrected chi connectivity index (χ1v) is 7.51. The van der Waals surface area contributed by atoms with Gasteiger partial charge in [-0.25, -0.2) is 4.79 Å². The molecule has 1 atom stereocenters. The van der Waals surface area contributed by atoms with Gasteiger partial charge < -0.3 is 10.4 Å². The van der Waals surface area contributed by atoms with Gasteiger partial charge in [0, 0.05) is 4.47 Å². The van der Waals surface area contributed by atoms with Crippen LogP contribution in [0.2, 0.25) is 0 Å². The predicted octanol–water partition coefficient (Wildman–Crippen LogP) is 3.50. The Hall–Kier alpha value is -0.400. The number of hydrogen-bond donors (Lipinski definition) is 2. The normalized spacial score (nSPS) is 13.2. The zero-order valence-corrected chi connectivity index (χ0v) is 14.1. The number of amides is 1. The number of rotatable bonds is 3. The molecule has 100 valence electrons. The highest BCUT2D eigenvalue weighted by atomic mass is 79.9. The largest absolute Gasteiger partial charge is 0.480 e. The Morgan fingerprint density at radius 3 is 2.28 bits per heavy atom. The quantitative estimate of drug-likeness (QED) is 0.818. The van der Waals surface area contributed by atoms with E-state index < -0.39 is 17.4 Å². The van der Waals surface area contributed by atoms with E-state index in [1.807, 2.05) is 0 Å². The first-order chi connectivity index (χ1) is 8.12. The topological polar surface area (TPSA) is 66.4 Å². The highest BCUT2D eigenvalue weighted by Crippen LogP contribution is 2.32. The summed E-state index contributed by atoms with van der Waals surface area (Å²) in [6, 6.07) is 0.732. The second-order valence-corrected chi connectivity index (χ2v) is 8.07. The summed E-state index contributed by atoms with van der Waals surface area (Å²) < 4.78 is 1.58. The molecular formula is C11H13Br2NO3S. The molecule has 1 heterocycles. The van der Waals surface area contributed by atoms with Crippen molar-refractivity contribution in [2.45, 2.75) is 26.8 Å². The number of aliphatic carboxylic acids is 1. The van der Waals surface area contributed by atoms with Gasteiger partial charge in [0.2, 0.25) is 0 Å². The molecule has 2 N–H and O–H groups in total. The summed E-state index contributed by atoms with van der Waals surface area (Å²) in [7, 11) is 0. The van der Waals surface area contributed by atoms with Gasteiger partial charge in [0.05, 0.1) is 8.66 Å². The van der Waals surface area contributed by atoms with Crippen molar-refractivity contribution >= 4 is 55.1 Å². The van der Waals surface area contributed by atoms with Gasteiger partial charge in [-0.15, -0.1) is 11.3 Å². The summed E-state index contributed by atoms with van der Waals surface area (Å²) in [4.78, 5) is 23.6. The second-order valence-electron chi connectivity index (χ2n) is 4.84. The summed E-state index contributed by atoms with van der Waals surface area (Å²) in [5.74, 6) is -1.42. The van der Waals surface area contributed by atoms with Crippen LogP contribution in [0.5, 0.6) is 0 Å². The van der Waals surface area contributed by atoms with E-state index in [2.05, 4.69) is 37.2 Å². The number of thiophene rings is 1. The standard InChI is InChI=1S/C11H13Br2NO3S/c1-11(2,3)7(10(16)17)14-9(15)6-4-5(12)8(13)18-6/h4,7H,1-3H3,(H,14,15)(H,16,17). The van der Waals surface area contributed by atoms with Crippen molar-refractivity contribution < 1.29 is 14.7 Å². The average molecular weight is 399 g/mol. The summed E-state index contributed by atoms with van der Waals surface area (Å²) in [6.45, 7) is 5.31. The van der Waals surface area contributed by atoms with Gasteiger partial charge in [-0.3, -0.25) is 4.79 Å². The number of carboxylic acid groups (broad SMARTS) is 1. The van der Waals surface area contributed by atoms with Crippen molar-refractivity contribution in [1.82, 2.24) is 5.32 Å². The van der Waals surface area contributed by atoms with E-state index in [-0.39, 0.29) is 5.91 Å². The predicted molar refractivity (Wildman–Crippen MR) is 78.1 cm³/mol. The number of halogens is 2. The van der Waals surface area contributed by atoms with E-state index in [4.69, 9.17) is 5.11 Å². The minimum absolute atomic E-state index is 0.381. The van der Waals surface area contributed by atoms with Gasteiger partial charge in [-0.1, -0.05) is 20.8 Å². The van der Waals surface area contributed by atoms with Crippen LogP contribution in [-0.2, 0) is 4.79 Å². The van der Waals surface area contributed by atoms with Gasteiger partial charge in [0.25, 0.3) is 5.91 Å². The van der Waals surface area contributed by atoms with Crippen molar-refractivity contribution in [3.05, 3.63) is 19.2 Å². The number of carboxylic acids is 1. The van der Waals surface area contributed by atoms with Crippen molar-refractivity contribution in [2.75, 3.05) is 0 Å². The van der Waals surface area contributed by atoms with Gasteiger partial charge in [-0.2, -0.15) is 0 Å². The van der Waals surface area contributed by atoms with Crippen LogP contribution in [0.4, 0.5) is 0 Å². The maximum Gasteiger partial charge on any atom is 0.326 e. The molecule has 1 amide bonds. The molecule has 0 spiro atoms. The van der Waals surface area contributed by atoms with Gasteiger partial charge in [0.1, 0.15) is 6.04 Å². The average Bonchev–Trinajstić information content (AvgIpc) is 2.53. The van der Waals surface area contributed by atoms with Gasteiger partial charge in [0.15, 0.2) is 0 Å². The highest BCUT2D eigenvalue weighted by molar-refractivity contribution is 9.13. The van der Waals surface area contributed by atoms with Gasteiger partial charge in [-0.05, 0) is 43.3 Å². The molecule has 7 heteroatoms. The van der Waals surface area contributed by atoms with Crippen LogP contribution in [0.25, 0.3) is 0 Å². The SMILES string of the molecule is CC(C)(C)C(NC(=O)c1cc(Br)c(Br)s1)C(=O)O. The molecule has 0 saturated heterocycles. The van der Waals surface area contributed by atoms with E-state index in [1.165, 1.54) is 11.3 Å². The van der Waals surface area contributed by atoms with Crippen LogP contribution in [0, 0.1) is 5.41 Å². The van der Waals surface area contributed by atoms with E-state index in [0.717, 1.165) is 8.26 Å². The third-order valence-electron chi connectivity index (χ3n) is 2.26. The maximum absolute atomic E-state index is 12.0. The van der Waals surface area contributed by atoms with Gasteiger partial charge >= 0.3 is 5.97 Å². The number of hydrogen-bond acceptors (Lipinski definition) is 3. The van der Waals surface area contributed by atoms with Crippen molar-refractivity contribution in [3.8, 4) is 0 Å². The zero-order chi connectivity index (χ0) is 14.1. The second kappa shape index (κ2) is 5.71. The molecular weight excluding hydrogens is 386 g/mol. The van der Waals surface area contributed by atoms with Crippen molar-refractivity contribution in [3.63, 3.8) is 0 Å². The van der Waals surface area contributed by atoms with Crippen LogP contribution < -0.4 is 5.32 Å². The summed E-state index contributed by atoms with van der Waals surface area (Å²) >= 11 is 7.83. The maximum atomic E-state index is 12.0. The Labute approximate surface area is 126 Å². The van der Waals surface area contributed by atoms with Crippen LogP contribution in [-0.4, -0.2) is 23.0 Å². The summed E-state index contributed by atoms with van der Waals surface area (Å²) in [5.41, 5.74) is -0.548. The lowest BCUT2D eigenvalue weighted by molar-refractivity contribution is -0.142. The number of nitrogens with one attached hydrogen (secondary N) is 1. The number of carbonyl (C=O) groups excluding carboxylic acids is 1. The highest BCUT2D eigenvalue weighted by Gasteiger charge is 2.33. The van der Waals surface area contributed by atoms with E-state index in [1.54, 1.807) is 26.8 Å². The molecule has 18 heavy (non-hydrogen) atoms. The molecule has 0 aromatic carbocycles. The Bertz CT molecular complexity index is 460. The van der Waals surface area contributed by atoms with Crippen molar-refractivity contribution in [2.24, 2.45) is 5.41 Å². The molecule has 1 rings (SSSR count). The fourth-order valence-corrected chi connectivity index (χ4v) is 3.25. The lowest BCUT2D eigenvalue weighted by Crippen LogP contribution is -2.48. The van der Waals surface area contributed by atoms with Crippen LogP contribution in [0.15, 0.2) is 14.3 Å². The monoisotopic (exact) mass is 397 g/mol. The Morgan fingerprint density at radius 2 is 1.94 bits per heavy atom. The van der Waals surface area contributed by atoms with Crippen LogP contribution in [0.3, 0.4) is 0 Å². The molecule has 1 aromatic rings. The lowest BCUT2D eigenvalue weighted by Gasteiger charge is -2.27. The third kappa shape index (κ3) is 3.80. The van der Waals surface area contributed by atoms with E-state index in [0.29, 0.717) is 4.88 Å². The molecule has 0 aliphatic carbocycles. The lowest BCUT2D eigenvalue weighted by atomic mass is 9.87. The van der Waals surface area contributed by atoms with Crippen LogP contribution in [0.1, 0.15) is 30.4 Å². The molecule has 1 aromatic heterocycles. The fraction of sp³-hybridized carbons (Fsp3) is 0.455. The Kier molecular flexibility index (Phi) is 4.97. The molecule has 0 radical (unpaired) electrons. The minimum atomic E-state index is -1.04. The van der Waals surface area contributed by atoms with Crippen molar-refractivity contribution in [1.29, 1.82) is 0 Å². The first kappa shape index (κ1) is 15.7. The Morgan fingerprint density at radius 1 is 1.39 bits per heavy atom. The molecule has 0 fully saturated rings. The number of carbonyl (C=O) groups is 2. The molecule has 4 nitrogen and oxygen atoms in total. The smallest absolute Gasteiger partial charge is 0.326 e. The van der Waals surface area contributed by atoms with Crippen LogP contribution >= 0.6 is 43.2 Å². The van der Waals surface area contributed by atoms with E-state index >= 15 is 0 Å².